The number of benzene rings is 2. The zero-order valence-electron chi connectivity index (χ0n) is 10.6. The lowest BCUT2D eigenvalue weighted by molar-refractivity contribution is -0.386. The van der Waals surface area contributed by atoms with Crippen LogP contribution in [0.15, 0.2) is 45.3 Å². The molecule has 0 aliphatic rings. The molecule has 4 nitrogen and oxygen atoms in total. The molecule has 104 valence electrons. The van der Waals surface area contributed by atoms with Crippen molar-refractivity contribution in [2.24, 2.45) is 0 Å². The topological polar surface area (TPSA) is 52.4 Å². The molecule has 0 radical (unpaired) electrons. The molecule has 0 N–H and O–H groups in total. The first-order chi connectivity index (χ1) is 9.47. The van der Waals surface area contributed by atoms with Crippen molar-refractivity contribution in [2.75, 3.05) is 0 Å². The first-order valence-corrected chi connectivity index (χ1v) is 7.38. The molecule has 0 amide bonds. The molecule has 2 rings (SSSR count). The molecule has 0 bridgehead atoms. The van der Waals surface area contributed by atoms with Gasteiger partial charge >= 0.3 is 5.69 Å². The van der Waals surface area contributed by atoms with Gasteiger partial charge in [0.2, 0.25) is 0 Å². The maximum absolute atomic E-state index is 11.1. The number of rotatable bonds is 4. The van der Waals surface area contributed by atoms with Crippen LogP contribution < -0.4 is 4.74 Å². The second-order valence-corrected chi connectivity index (χ2v) is 6.08. The highest BCUT2D eigenvalue weighted by Crippen LogP contribution is 2.34. The van der Waals surface area contributed by atoms with E-state index >= 15 is 0 Å². The summed E-state index contributed by atoms with van der Waals surface area (Å²) in [6, 6.07) is 10.9. The Balaban J connectivity index is 2.27. The molecule has 6 heteroatoms. The van der Waals surface area contributed by atoms with Crippen molar-refractivity contribution in [1.29, 1.82) is 0 Å². The van der Waals surface area contributed by atoms with E-state index in [9.17, 15) is 10.1 Å². The molecule has 0 saturated carbocycles. The summed E-state index contributed by atoms with van der Waals surface area (Å²) in [7, 11) is 0. The number of nitrogens with zero attached hydrogens (tertiary/aromatic N) is 1. The number of hydrogen-bond donors (Lipinski definition) is 0. The molecular weight excluding hydrogens is 390 g/mol. The Morgan fingerprint density at radius 1 is 1.20 bits per heavy atom. The minimum atomic E-state index is -0.437. The number of aryl methyl sites for hydroxylation is 1. The summed E-state index contributed by atoms with van der Waals surface area (Å²) in [5.41, 5.74) is 1.63. The molecule has 0 atom stereocenters. The van der Waals surface area contributed by atoms with Crippen molar-refractivity contribution in [3.05, 3.63) is 66.6 Å². The summed E-state index contributed by atoms with van der Waals surface area (Å²) in [4.78, 5) is 10.7. The predicted octanol–water partition coefficient (Wildman–Crippen LogP) is 5.01. The third-order valence-electron chi connectivity index (χ3n) is 2.69. The van der Waals surface area contributed by atoms with Crippen LogP contribution >= 0.6 is 31.9 Å². The molecule has 0 fully saturated rings. The minimum absolute atomic E-state index is 0.0353. The lowest BCUT2D eigenvalue weighted by atomic mass is 10.2. The van der Waals surface area contributed by atoms with Gasteiger partial charge in [-0.15, -0.1) is 0 Å². The molecule has 2 aromatic carbocycles. The van der Waals surface area contributed by atoms with Crippen molar-refractivity contribution >= 4 is 37.5 Å². The normalized spacial score (nSPS) is 10.3. The van der Waals surface area contributed by atoms with Gasteiger partial charge in [-0.3, -0.25) is 10.1 Å². The van der Waals surface area contributed by atoms with E-state index in [4.69, 9.17) is 4.74 Å². The number of ether oxygens (including phenoxy) is 1. The molecule has 0 unspecified atom stereocenters. The van der Waals surface area contributed by atoms with E-state index in [0.717, 1.165) is 15.6 Å². The van der Waals surface area contributed by atoms with Crippen LogP contribution in [0.5, 0.6) is 5.75 Å². The number of hydrogen-bond acceptors (Lipinski definition) is 3. The SMILES string of the molecule is Cc1cc(Br)cc([N+](=O)[O-])c1OCc1cccc(Br)c1. The van der Waals surface area contributed by atoms with Crippen LogP contribution in [0.2, 0.25) is 0 Å². The third-order valence-corrected chi connectivity index (χ3v) is 3.64. The van der Waals surface area contributed by atoms with Crippen molar-refractivity contribution < 1.29 is 9.66 Å². The van der Waals surface area contributed by atoms with E-state index in [1.165, 1.54) is 6.07 Å². The molecule has 0 aliphatic carbocycles. The lowest BCUT2D eigenvalue weighted by Crippen LogP contribution is -2.01. The Labute approximate surface area is 133 Å². The van der Waals surface area contributed by atoms with Crippen molar-refractivity contribution in [1.82, 2.24) is 0 Å². The molecule has 0 saturated heterocycles. The highest BCUT2D eigenvalue weighted by Gasteiger charge is 2.19. The smallest absolute Gasteiger partial charge is 0.312 e. The molecule has 0 spiro atoms. The molecule has 0 aromatic heterocycles. The summed E-state index contributed by atoms with van der Waals surface area (Å²) >= 11 is 6.63. The lowest BCUT2D eigenvalue weighted by Gasteiger charge is -2.10. The summed E-state index contributed by atoms with van der Waals surface area (Å²) in [6.07, 6.45) is 0. The van der Waals surface area contributed by atoms with E-state index in [0.29, 0.717) is 10.2 Å². The average molecular weight is 401 g/mol. The van der Waals surface area contributed by atoms with Gasteiger partial charge in [-0.2, -0.15) is 0 Å². The fourth-order valence-corrected chi connectivity index (χ4v) is 2.82. The van der Waals surface area contributed by atoms with Gasteiger partial charge in [-0.25, -0.2) is 0 Å². The standard InChI is InChI=1S/C14H11Br2NO3/c1-9-5-12(16)7-13(17(18)19)14(9)20-8-10-3-2-4-11(15)6-10/h2-7H,8H2,1H3. The first kappa shape index (κ1) is 15.0. The van der Waals surface area contributed by atoms with Gasteiger partial charge in [0.15, 0.2) is 5.75 Å². The molecule has 0 aliphatic heterocycles. The van der Waals surface area contributed by atoms with Crippen molar-refractivity contribution in [3.8, 4) is 5.75 Å². The van der Waals surface area contributed by atoms with Crippen LogP contribution in [0.25, 0.3) is 0 Å². The Hall–Kier alpha value is -1.40. The fraction of sp³-hybridized carbons (Fsp3) is 0.143. The second kappa shape index (κ2) is 6.37. The predicted molar refractivity (Wildman–Crippen MR) is 84.0 cm³/mol. The van der Waals surface area contributed by atoms with E-state index in [-0.39, 0.29) is 12.3 Å². The van der Waals surface area contributed by atoms with Gasteiger partial charge in [0.25, 0.3) is 0 Å². The van der Waals surface area contributed by atoms with E-state index in [2.05, 4.69) is 31.9 Å². The summed E-state index contributed by atoms with van der Waals surface area (Å²) in [5, 5.41) is 11.1. The summed E-state index contributed by atoms with van der Waals surface area (Å²) in [6.45, 7) is 2.07. The molecule has 0 heterocycles. The Kier molecular flexibility index (Phi) is 4.77. The van der Waals surface area contributed by atoms with E-state index in [1.807, 2.05) is 24.3 Å². The Bertz CT molecular complexity index is 659. The van der Waals surface area contributed by atoms with Crippen molar-refractivity contribution in [2.45, 2.75) is 13.5 Å². The fourth-order valence-electron chi connectivity index (χ4n) is 1.82. The number of halogens is 2. The number of nitro benzene ring substituents is 1. The third kappa shape index (κ3) is 3.58. The molecular formula is C14H11Br2NO3. The van der Waals surface area contributed by atoms with Gasteiger partial charge in [0.1, 0.15) is 6.61 Å². The van der Waals surface area contributed by atoms with E-state index < -0.39 is 4.92 Å². The van der Waals surface area contributed by atoms with Crippen LogP contribution in [0.1, 0.15) is 11.1 Å². The quantitative estimate of drug-likeness (QED) is 0.535. The van der Waals surface area contributed by atoms with Crippen LogP contribution in [-0.2, 0) is 6.61 Å². The zero-order chi connectivity index (χ0) is 14.7. The van der Waals surface area contributed by atoms with Gasteiger partial charge in [-0.1, -0.05) is 44.0 Å². The highest BCUT2D eigenvalue weighted by atomic mass is 79.9. The summed E-state index contributed by atoms with van der Waals surface area (Å²) in [5.74, 6) is 0.304. The monoisotopic (exact) mass is 399 g/mol. The van der Waals surface area contributed by atoms with Gasteiger partial charge in [0, 0.05) is 15.0 Å². The van der Waals surface area contributed by atoms with Crippen LogP contribution in [-0.4, -0.2) is 4.92 Å². The largest absolute Gasteiger partial charge is 0.482 e. The van der Waals surface area contributed by atoms with Crippen LogP contribution in [0.3, 0.4) is 0 Å². The minimum Gasteiger partial charge on any atom is -0.482 e. The molecule has 2 aromatic rings. The second-order valence-electron chi connectivity index (χ2n) is 4.25. The van der Waals surface area contributed by atoms with Crippen LogP contribution in [0.4, 0.5) is 5.69 Å². The maximum Gasteiger partial charge on any atom is 0.312 e. The Morgan fingerprint density at radius 2 is 1.95 bits per heavy atom. The highest BCUT2D eigenvalue weighted by molar-refractivity contribution is 9.10. The maximum atomic E-state index is 11.1. The first-order valence-electron chi connectivity index (χ1n) is 5.79. The van der Waals surface area contributed by atoms with Crippen molar-refractivity contribution in [3.63, 3.8) is 0 Å². The van der Waals surface area contributed by atoms with E-state index in [1.54, 1.807) is 13.0 Å². The van der Waals surface area contributed by atoms with Gasteiger partial charge < -0.3 is 4.74 Å². The summed E-state index contributed by atoms with van der Waals surface area (Å²) < 4.78 is 7.25. The van der Waals surface area contributed by atoms with Crippen LogP contribution in [0, 0.1) is 17.0 Å². The van der Waals surface area contributed by atoms with Gasteiger partial charge in [0.05, 0.1) is 4.92 Å². The molecule has 20 heavy (non-hydrogen) atoms. The zero-order valence-corrected chi connectivity index (χ0v) is 13.8. The average Bonchev–Trinajstić information content (AvgIpc) is 2.36. The Morgan fingerprint density at radius 3 is 2.60 bits per heavy atom. The van der Waals surface area contributed by atoms with Gasteiger partial charge in [-0.05, 0) is 36.2 Å². The number of nitro groups is 1.